The molecule has 0 spiro atoms. The van der Waals surface area contributed by atoms with Gasteiger partial charge in [-0.1, -0.05) is 12.1 Å². The molecular formula is C22H27NO4. The average molecular weight is 369 g/mol. The molecule has 3 rings (SSSR count). The quantitative estimate of drug-likeness (QED) is 0.862. The highest BCUT2D eigenvalue weighted by atomic mass is 16.5. The van der Waals surface area contributed by atoms with Gasteiger partial charge in [0.2, 0.25) is 0 Å². The van der Waals surface area contributed by atoms with Crippen LogP contribution in [0.1, 0.15) is 43.0 Å². The number of carbonyl (C=O) groups is 1. The van der Waals surface area contributed by atoms with E-state index in [1.165, 1.54) is 0 Å². The number of rotatable bonds is 5. The van der Waals surface area contributed by atoms with Crippen LogP contribution in [0.25, 0.3) is 0 Å². The van der Waals surface area contributed by atoms with Gasteiger partial charge in [0, 0.05) is 18.1 Å². The van der Waals surface area contributed by atoms with Crippen molar-refractivity contribution < 1.29 is 19.0 Å². The fourth-order valence-corrected chi connectivity index (χ4v) is 3.35. The van der Waals surface area contributed by atoms with E-state index in [-0.39, 0.29) is 24.2 Å². The molecule has 1 atom stereocenters. The van der Waals surface area contributed by atoms with E-state index in [0.29, 0.717) is 6.42 Å². The number of amides is 1. The first-order chi connectivity index (χ1) is 12.8. The molecule has 1 N–H and O–H groups in total. The van der Waals surface area contributed by atoms with Crippen LogP contribution in [0.3, 0.4) is 0 Å². The Labute approximate surface area is 160 Å². The molecule has 0 saturated heterocycles. The molecule has 0 radical (unpaired) electrons. The predicted molar refractivity (Wildman–Crippen MR) is 105 cm³/mol. The van der Waals surface area contributed by atoms with Crippen LogP contribution in [0.15, 0.2) is 36.4 Å². The summed E-state index contributed by atoms with van der Waals surface area (Å²) in [5, 5.41) is 3.09. The summed E-state index contributed by atoms with van der Waals surface area (Å²) in [7, 11) is 1.62. The van der Waals surface area contributed by atoms with Crippen molar-refractivity contribution in [1.82, 2.24) is 5.32 Å². The Morgan fingerprint density at radius 1 is 1.26 bits per heavy atom. The molecule has 1 aliphatic rings. The number of fused-ring (bicyclic) bond motifs is 1. The molecule has 5 heteroatoms. The van der Waals surface area contributed by atoms with Crippen LogP contribution in [0.5, 0.6) is 17.2 Å². The zero-order valence-electron chi connectivity index (χ0n) is 16.6. The molecule has 0 fully saturated rings. The number of hydrogen-bond acceptors (Lipinski definition) is 4. The van der Waals surface area contributed by atoms with Crippen molar-refractivity contribution in [3.63, 3.8) is 0 Å². The van der Waals surface area contributed by atoms with Crippen LogP contribution < -0.4 is 19.5 Å². The van der Waals surface area contributed by atoms with Gasteiger partial charge in [-0.05, 0) is 57.0 Å². The molecule has 144 valence electrons. The molecule has 1 heterocycles. The topological polar surface area (TPSA) is 56.8 Å². The Kier molecular flexibility index (Phi) is 5.31. The van der Waals surface area contributed by atoms with E-state index >= 15 is 0 Å². The summed E-state index contributed by atoms with van der Waals surface area (Å²) in [6.45, 7) is 8.03. The second-order valence-electron chi connectivity index (χ2n) is 7.58. The lowest BCUT2D eigenvalue weighted by molar-refractivity contribution is -0.124. The van der Waals surface area contributed by atoms with Crippen molar-refractivity contribution in [3.8, 4) is 17.2 Å². The number of carbonyl (C=O) groups excluding carboxylic acids is 1. The highest BCUT2D eigenvalue weighted by molar-refractivity contribution is 5.78. The van der Waals surface area contributed by atoms with Crippen molar-refractivity contribution in [2.45, 2.75) is 45.8 Å². The number of benzene rings is 2. The Hall–Kier alpha value is -2.69. The van der Waals surface area contributed by atoms with Gasteiger partial charge < -0.3 is 19.5 Å². The van der Waals surface area contributed by atoms with Crippen LogP contribution in [0.2, 0.25) is 0 Å². The van der Waals surface area contributed by atoms with Crippen molar-refractivity contribution in [1.29, 1.82) is 0 Å². The van der Waals surface area contributed by atoms with Gasteiger partial charge in [-0.2, -0.15) is 0 Å². The van der Waals surface area contributed by atoms with Crippen molar-refractivity contribution in [2.24, 2.45) is 0 Å². The van der Waals surface area contributed by atoms with Gasteiger partial charge in [0.05, 0.1) is 13.2 Å². The van der Waals surface area contributed by atoms with E-state index in [4.69, 9.17) is 14.2 Å². The van der Waals surface area contributed by atoms with E-state index in [2.05, 4.69) is 5.32 Å². The minimum absolute atomic E-state index is 0.0203. The van der Waals surface area contributed by atoms with Gasteiger partial charge in [0.1, 0.15) is 22.8 Å². The molecule has 0 saturated carbocycles. The molecule has 0 aromatic heterocycles. The van der Waals surface area contributed by atoms with Gasteiger partial charge >= 0.3 is 0 Å². The second-order valence-corrected chi connectivity index (χ2v) is 7.58. The monoisotopic (exact) mass is 369 g/mol. The maximum Gasteiger partial charge on any atom is 0.258 e. The molecule has 2 aromatic rings. The van der Waals surface area contributed by atoms with E-state index in [0.717, 1.165) is 33.9 Å². The largest absolute Gasteiger partial charge is 0.497 e. The average Bonchev–Trinajstić information content (AvgIpc) is 2.61. The molecule has 1 amide bonds. The van der Waals surface area contributed by atoms with Gasteiger partial charge in [-0.3, -0.25) is 4.79 Å². The molecule has 2 aromatic carbocycles. The third-order valence-corrected chi connectivity index (χ3v) is 4.93. The van der Waals surface area contributed by atoms with Gasteiger partial charge in [-0.15, -0.1) is 0 Å². The van der Waals surface area contributed by atoms with Crippen LogP contribution in [0, 0.1) is 13.8 Å². The smallest absolute Gasteiger partial charge is 0.258 e. The molecule has 27 heavy (non-hydrogen) atoms. The third kappa shape index (κ3) is 4.35. The molecule has 0 bridgehead atoms. The normalized spacial score (nSPS) is 17.4. The maximum atomic E-state index is 12.5. The Bertz CT molecular complexity index is 844. The number of ether oxygens (including phenoxy) is 3. The number of aryl methyl sites for hydroxylation is 1. The molecule has 5 nitrogen and oxygen atoms in total. The van der Waals surface area contributed by atoms with Gasteiger partial charge in [-0.25, -0.2) is 0 Å². The first-order valence-electron chi connectivity index (χ1n) is 9.14. The summed E-state index contributed by atoms with van der Waals surface area (Å²) >= 11 is 0. The number of hydrogen-bond donors (Lipinski definition) is 1. The van der Waals surface area contributed by atoms with Crippen LogP contribution >= 0.6 is 0 Å². The summed E-state index contributed by atoms with van der Waals surface area (Å²) < 4.78 is 17.1. The number of nitrogens with one attached hydrogen (secondary N) is 1. The SMILES string of the molecule is COc1ccc2c(c1)OC(C)(C)CC2NC(=O)COc1cccc(C)c1C. The summed E-state index contributed by atoms with van der Waals surface area (Å²) in [4.78, 5) is 12.5. The summed E-state index contributed by atoms with van der Waals surface area (Å²) in [6.07, 6.45) is 0.682. The molecule has 1 aliphatic heterocycles. The molecule has 0 aliphatic carbocycles. The van der Waals surface area contributed by atoms with E-state index in [1.807, 2.05) is 64.1 Å². The Balaban J connectivity index is 1.71. The minimum atomic E-state index is -0.384. The van der Waals surface area contributed by atoms with Crippen molar-refractivity contribution in [3.05, 3.63) is 53.1 Å². The molecular weight excluding hydrogens is 342 g/mol. The zero-order valence-corrected chi connectivity index (χ0v) is 16.6. The Morgan fingerprint density at radius 2 is 2.04 bits per heavy atom. The van der Waals surface area contributed by atoms with Crippen LogP contribution in [-0.2, 0) is 4.79 Å². The first kappa shape index (κ1) is 19.1. The van der Waals surface area contributed by atoms with Crippen LogP contribution in [0.4, 0.5) is 0 Å². The summed E-state index contributed by atoms with van der Waals surface area (Å²) in [5.41, 5.74) is 2.76. The van der Waals surface area contributed by atoms with E-state index < -0.39 is 0 Å². The maximum absolute atomic E-state index is 12.5. The summed E-state index contributed by atoms with van der Waals surface area (Å²) in [6, 6.07) is 11.4. The lowest BCUT2D eigenvalue weighted by atomic mass is 9.89. The van der Waals surface area contributed by atoms with Crippen LogP contribution in [-0.4, -0.2) is 25.2 Å². The fraction of sp³-hybridized carbons (Fsp3) is 0.409. The minimum Gasteiger partial charge on any atom is -0.497 e. The predicted octanol–water partition coefficient (Wildman–Crippen LogP) is 4.11. The van der Waals surface area contributed by atoms with Gasteiger partial charge in [0.25, 0.3) is 5.91 Å². The highest BCUT2D eigenvalue weighted by Crippen LogP contribution is 2.41. The lowest BCUT2D eigenvalue weighted by Gasteiger charge is -2.38. The third-order valence-electron chi connectivity index (χ3n) is 4.93. The van der Waals surface area contributed by atoms with E-state index in [9.17, 15) is 4.79 Å². The standard InChI is InChI=1S/C22H27NO4/c1-14-7-6-8-19(15(14)2)26-13-21(24)23-18-12-22(3,4)27-20-11-16(25-5)9-10-17(18)20/h6-11,18H,12-13H2,1-5H3,(H,23,24). The van der Waals surface area contributed by atoms with Gasteiger partial charge in [0.15, 0.2) is 6.61 Å². The fourth-order valence-electron chi connectivity index (χ4n) is 3.35. The summed E-state index contributed by atoms with van der Waals surface area (Å²) in [5.74, 6) is 2.06. The second kappa shape index (κ2) is 7.51. The zero-order chi connectivity index (χ0) is 19.6. The molecule has 1 unspecified atom stereocenters. The number of methoxy groups -OCH3 is 1. The van der Waals surface area contributed by atoms with Crippen molar-refractivity contribution in [2.75, 3.05) is 13.7 Å². The highest BCUT2D eigenvalue weighted by Gasteiger charge is 2.34. The Morgan fingerprint density at radius 3 is 2.78 bits per heavy atom. The van der Waals surface area contributed by atoms with Crippen molar-refractivity contribution >= 4 is 5.91 Å². The van der Waals surface area contributed by atoms with E-state index in [1.54, 1.807) is 7.11 Å². The lowest BCUT2D eigenvalue weighted by Crippen LogP contribution is -2.42. The first-order valence-corrected chi connectivity index (χ1v) is 9.14.